The Balaban J connectivity index is 0.00000784. The molecule has 0 heterocycles. The molecule has 0 aliphatic heterocycles. The van der Waals surface area contributed by atoms with E-state index in [1.165, 1.54) is 0 Å². The average Bonchev–Trinajstić information content (AvgIpc) is 2.70. The topological polar surface area (TPSA) is 73.3 Å². The minimum absolute atomic E-state index is 0. The van der Waals surface area contributed by atoms with E-state index in [1.54, 1.807) is 21.3 Å². The average molecular weight is 523 g/mol. The van der Waals surface area contributed by atoms with E-state index in [1.807, 2.05) is 26.0 Å². The Morgan fingerprint density at radius 2 is 1.62 bits per heavy atom. The smallest absolute Gasteiger partial charge is 0.191 e. The number of ether oxygens (including phenoxy) is 4. The third-order valence-electron chi connectivity index (χ3n) is 4.40. The summed E-state index contributed by atoms with van der Waals surface area (Å²) in [6, 6.07) is 3.67. The maximum absolute atomic E-state index is 5.81. The highest BCUT2D eigenvalue weighted by Crippen LogP contribution is 2.34. The third-order valence-corrected chi connectivity index (χ3v) is 4.40. The van der Waals surface area contributed by atoms with Crippen molar-refractivity contribution in [1.82, 2.24) is 10.6 Å². The minimum atomic E-state index is 0. The molecule has 0 saturated carbocycles. The Bertz CT molecular complexity index is 587. The Kier molecular flexibility index (Phi) is 14.7. The van der Waals surface area contributed by atoms with Crippen molar-refractivity contribution in [3.05, 3.63) is 17.7 Å². The Morgan fingerprint density at radius 3 is 2.07 bits per heavy atom. The van der Waals surface area contributed by atoms with Crippen molar-refractivity contribution in [2.45, 2.75) is 46.8 Å². The van der Waals surface area contributed by atoms with Crippen LogP contribution in [-0.2, 0) is 11.3 Å². The quantitative estimate of drug-likeness (QED) is 0.247. The molecule has 0 spiro atoms. The van der Waals surface area contributed by atoms with Gasteiger partial charge in [-0.05, 0) is 26.2 Å². The van der Waals surface area contributed by atoms with E-state index in [0.717, 1.165) is 37.6 Å². The molecule has 0 fully saturated rings. The van der Waals surface area contributed by atoms with Crippen LogP contribution in [0.2, 0.25) is 0 Å². The second-order valence-corrected chi connectivity index (χ2v) is 6.66. The van der Waals surface area contributed by atoms with Gasteiger partial charge in [0.2, 0.25) is 0 Å². The zero-order chi connectivity index (χ0) is 20.9. The van der Waals surface area contributed by atoms with Gasteiger partial charge in [0.25, 0.3) is 0 Å². The SMILES string of the molecule is CCNC(=NCc1c(OC)cc(OC)cc1OC)NCCC(OCC)C(C)C.I. The number of nitrogens with one attached hydrogen (secondary N) is 2. The molecule has 1 aromatic carbocycles. The van der Waals surface area contributed by atoms with Crippen molar-refractivity contribution in [3.63, 3.8) is 0 Å². The number of rotatable bonds is 12. The van der Waals surface area contributed by atoms with Crippen LogP contribution in [0.1, 0.15) is 39.7 Å². The van der Waals surface area contributed by atoms with E-state index in [9.17, 15) is 0 Å². The van der Waals surface area contributed by atoms with Gasteiger partial charge in [0.15, 0.2) is 5.96 Å². The molecule has 0 saturated heterocycles. The van der Waals surface area contributed by atoms with E-state index in [2.05, 4.69) is 24.5 Å². The van der Waals surface area contributed by atoms with Crippen LogP contribution in [0.15, 0.2) is 17.1 Å². The lowest BCUT2D eigenvalue weighted by Gasteiger charge is -2.21. The van der Waals surface area contributed by atoms with E-state index in [0.29, 0.717) is 29.7 Å². The van der Waals surface area contributed by atoms with Gasteiger partial charge >= 0.3 is 0 Å². The van der Waals surface area contributed by atoms with E-state index >= 15 is 0 Å². The minimum Gasteiger partial charge on any atom is -0.496 e. The first-order valence-corrected chi connectivity index (χ1v) is 9.93. The highest BCUT2D eigenvalue weighted by Gasteiger charge is 2.15. The van der Waals surface area contributed by atoms with Gasteiger partial charge < -0.3 is 29.6 Å². The van der Waals surface area contributed by atoms with Crippen LogP contribution >= 0.6 is 24.0 Å². The number of benzene rings is 1. The van der Waals surface area contributed by atoms with Crippen LogP contribution in [0.4, 0.5) is 0 Å². The molecule has 0 aliphatic rings. The molecule has 168 valence electrons. The third kappa shape index (κ3) is 9.29. The van der Waals surface area contributed by atoms with E-state index in [-0.39, 0.29) is 30.1 Å². The molecular formula is C21H38IN3O4. The molecule has 8 heteroatoms. The van der Waals surface area contributed by atoms with Crippen LogP contribution in [0.5, 0.6) is 17.2 Å². The largest absolute Gasteiger partial charge is 0.496 e. The summed E-state index contributed by atoms with van der Waals surface area (Å²) in [7, 11) is 4.88. The zero-order valence-corrected chi connectivity index (χ0v) is 21.2. The fraction of sp³-hybridized carbons (Fsp3) is 0.667. The number of hydrogen-bond donors (Lipinski definition) is 2. The lowest BCUT2D eigenvalue weighted by atomic mass is 10.0. The molecule has 1 rings (SSSR count). The van der Waals surface area contributed by atoms with Crippen molar-refractivity contribution in [1.29, 1.82) is 0 Å². The summed E-state index contributed by atoms with van der Waals surface area (Å²) in [5, 5.41) is 6.66. The summed E-state index contributed by atoms with van der Waals surface area (Å²) in [6.45, 7) is 11.2. The summed E-state index contributed by atoms with van der Waals surface area (Å²) in [4.78, 5) is 4.70. The highest BCUT2D eigenvalue weighted by atomic mass is 127. The van der Waals surface area contributed by atoms with Crippen molar-refractivity contribution in [3.8, 4) is 17.2 Å². The second-order valence-electron chi connectivity index (χ2n) is 6.66. The van der Waals surface area contributed by atoms with Gasteiger partial charge in [-0.25, -0.2) is 4.99 Å². The first-order chi connectivity index (χ1) is 13.5. The predicted octanol–water partition coefficient (Wildman–Crippen LogP) is 3.84. The van der Waals surface area contributed by atoms with Crippen molar-refractivity contribution in [2.24, 2.45) is 10.9 Å². The number of methoxy groups -OCH3 is 3. The van der Waals surface area contributed by atoms with Gasteiger partial charge in [-0.15, -0.1) is 24.0 Å². The van der Waals surface area contributed by atoms with Gasteiger partial charge in [0.1, 0.15) is 17.2 Å². The lowest BCUT2D eigenvalue weighted by Crippen LogP contribution is -2.39. The molecule has 0 bridgehead atoms. The zero-order valence-electron chi connectivity index (χ0n) is 18.8. The maximum atomic E-state index is 5.81. The van der Waals surface area contributed by atoms with Crippen LogP contribution in [0, 0.1) is 5.92 Å². The summed E-state index contributed by atoms with van der Waals surface area (Å²) in [6.07, 6.45) is 1.16. The molecule has 0 radical (unpaired) electrons. The normalized spacial score (nSPS) is 12.2. The van der Waals surface area contributed by atoms with Gasteiger partial charge in [-0.3, -0.25) is 0 Å². The van der Waals surface area contributed by atoms with E-state index < -0.39 is 0 Å². The second kappa shape index (κ2) is 15.4. The molecule has 7 nitrogen and oxygen atoms in total. The molecule has 0 aliphatic carbocycles. The van der Waals surface area contributed by atoms with Gasteiger partial charge in [0.05, 0.1) is 39.5 Å². The molecule has 1 aromatic rings. The first kappa shape index (κ1) is 27.6. The number of nitrogens with zero attached hydrogens (tertiary/aromatic N) is 1. The number of hydrogen-bond acceptors (Lipinski definition) is 5. The predicted molar refractivity (Wildman–Crippen MR) is 129 cm³/mol. The first-order valence-electron chi connectivity index (χ1n) is 9.93. The van der Waals surface area contributed by atoms with Gasteiger partial charge in [-0.1, -0.05) is 13.8 Å². The summed E-state index contributed by atoms with van der Waals surface area (Å²) >= 11 is 0. The van der Waals surface area contributed by atoms with Crippen LogP contribution in [0.3, 0.4) is 0 Å². The number of aliphatic imine (C=N–C) groups is 1. The highest BCUT2D eigenvalue weighted by molar-refractivity contribution is 14.0. The lowest BCUT2D eigenvalue weighted by molar-refractivity contribution is 0.0258. The van der Waals surface area contributed by atoms with Crippen LogP contribution < -0.4 is 24.8 Å². The van der Waals surface area contributed by atoms with Crippen molar-refractivity contribution in [2.75, 3.05) is 41.0 Å². The summed E-state index contributed by atoms with van der Waals surface area (Å²) in [5.74, 6) is 3.29. The van der Waals surface area contributed by atoms with Crippen molar-refractivity contribution >= 4 is 29.9 Å². The van der Waals surface area contributed by atoms with Crippen molar-refractivity contribution < 1.29 is 18.9 Å². The maximum Gasteiger partial charge on any atom is 0.191 e. The number of guanidine groups is 1. The molecule has 1 atom stereocenters. The van der Waals surface area contributed by atoms with Crippen LogP contribution in [0.25, 0.3) is 0 Å². The Hall–Kier alpha value is -1.42. The molecule has 0 amide bonds. The molecular weight excluding hydrogens is 485 g/mol. The standard InChI is InChI=1S/C21H37N3O4.HI/c1-8-22-21(23-11-10-18(15(3)4)28-9-2)24-14-17-19(26-6)12-16(25-5)13-20(17)27-7;/h12-13,15,18H,8-11,14H2,1-7H3,(H2,22,23,24);1H. The van der Waals surface area contributed by atoms with Crippen LogP contribution in [-0.4, -0.2) is 53.1 Å². The monoisotopic (exact) mass is 523 g/mol. The van der Waals surface area contributed by atoms with Gasteiger partial charge in [-0.2, -0.15) is 0 Å². The molecule has 0 aromatic heterocycles. The molecule has 29 heavy (non-hydrogen) atoms. The summed E-state index contributed by atoms with van der Waals surface area (Å²) < 4.78 is 22.1. The fourth-order valence-electron chi connectivity index (χ4n) is 2.89. The fourth-order valence-corrected chi connectivity index (χ4v) is 2.89. The van der Waals surface area contributed by atoms with Gasteiger partial charge in [0, 0.05) is 31.8 Å². The van der Waals surface area contributed by atoms with E-state index in [4.69, 9.17) is 23.9 Å². The Labute approximate surface area is 192 Å². The molecule has 1 unspecified atom stereocenters. The molecule has 2 N–H and O–H groups in total. The Morgan fingerprint density at radius 1 is 1.00 bits per heavy atom. The summed E-state index contributed by atoms with van der Waals surface area (Å²) in [5.41, 5.74) is 0.873. The number of halogens is 1.